The minimum atomic E-state index is -0.131. The number of hydrogen-bond donors (Lipinski definition) is 1. The van der Waals surface area contributed by atoms with Crippen LogP contribution < -0.4 is 9.47 Å². The van der Waals surface area contributed by atoms with Gasteiger partial charge in [-0.3, -0.25) is 0 Å². The third-order valence-electron chi connectivity index (χ3n) is 3.04. The molecule has 108 valence electrons. The molecule has 0 saturated heterocycles. The van der Waals surface area contributed by atoms with Gasteiger partial charge in [-0.25, -0.2) is 0 Å². The normalized spacial score (nSPS) is 9.67. The Balaban J connectivity index is 2.04. The molecule has 0 radical (unpaired) electrons. The van der Waals surface area contributed by atoms with E-state index in [4.69, 9.17) is 14.6 Å². The lowest BCUT2D eigenvalue weighted by Gasteiger charge is -2.09. The molecule has 0 aliphatic carbocycles. The number of aliphatic hydroxyl groups excluding tert-OH is 1. The molecule has 3 heteroatoms. The number of rotatable bonds is 4. The molecule has 0 amide bonds. The molecule has 2 aromatic rings. The number of ether oxygens (including phenoxy) is 2. The van der Waals surface area contributed by atoms with Gasteiger partial charge < -0.3 is 14.6 Å². The number of methoxy groups -OCH3 is 1. The van der Waals surface area contributed by atoms with Crippen molar-refractivity contribution in [3.05, 3.63) is 59.2 Å². The number of aryl methyl sites for hydroxylation is 1. The summed E-state index contributed by atoms with van der Waals surface area (Å²) >= 11 is 0. The lowest BCUT2D eigenvalue weighted by Crippen LogP contribution is -1.97. The molecule has 1 N–H and O–H groups in total. The zero-order valence-corrected chi connectivity index (χ0v) is 12.2. The topological polar surface area (TPSA) is 38.7 Å². The van der Waals surface area contributed by atoms with E-state index in [1.165, 1.54) is 0 Å². The van der Waals surface area contributed by atoms with E-state index in [9.17, 15) is 0 Å². The van der Waals surface area contributed by atoms with Gasteiger partial charge in [0.05, 0.1) is 7.11 Å². The van der Waals surface area contributed by atoms with E-state index >= 15 is 0 Å². The lowest BCUT2D eigenvalue weighted by molar-refractivity contribution is 0.305. The molecule has 0 spiro atoms. The molecule has 0 heterocycles. The Morgan fingerprint density at radius 3 is 2.67 bits per heavy atom. The Labute approximate surface area is 125 Å². The van der Waals surface area contributed by atoms with Crippen LogP contribution >= 0.6 is 0 Å². The van der Waals surface area contributed by atoms with Gasteiger partial charge in [-0.05, 0) is 48.4 Å². The molecule has 0 atom stereocenters. The van der Waals surface area contributed by atoms with Crippen molar-refractivity contribution in [3.63, 3.8) is 0 Å². The SMILES string of the molecule is COc1cccc(COc2ccc(C#CCO)c(C)c2)c1. The summed E-state index contributed by atoms with van der Waals surface area (Å²) < 4.78 is 11.0. The highest BCUT2D eigenvalue weighted by atomic mass is 16.5. The highest BCUT2D eigenvalue weighted by Crippen LogP contribution is 2.19. The minimum Gasteiger partial charge on any atom is -0.497 e. The first-order valence-electron chi connectivity index (χ1n) is 6.69. The van der Waals surface area contributed by atoms with Gasteiger partial charge in [0.15, 0.2) is 0 Å². The van der Waals surface area contributed by atoms with Gasteiger partial charge in [0.25, 0.3) is 0 Å². The Kier molecular flexibility index (Phi) is 5.25. The van der Waals surface area contributed by atoms with Gasteiger partial charge in [0.2, 0.25) is 0 Å². The Morgan fingerprint density at radius 1 is 1.10 bits per heavy atom. The Bertz CT molecular complexity index is 666. The fourth-order valence-corrected chi connectivity index (χ4v) is 1.93. The van der Waals surface area contributed by atoms with Crippen molar-refractivity contribution >= 4 is 0 Å². The summed E-state index contributed by atoms with van der Waals surface area (Å²) in [6, 6.07) is 13.5. The highest BCUT2D eigenvalue weighted by Gasteiger charge is 2.01. The van der Waals surface area contributed by atoms with E-state index in [1.807, 2.05) is 49.4 Å². The summed E-state index contributed by atoms with van der Waals surface area (Å²) in [5.74, 6) is 7.17. The van der Waals surface area contributed by atoms with Crippen LogP contribution in [0.5, 0.6) is 11.5 Å². The van der Waals surface area contributed by atoms with Crippen LogP contribution in [0.1, 0.15) is 16.7 Å². The summed E-state index contributed by atoms with van der Waals surface area (Å²) in [5.41, 5.74) is 2.98. The molecule has 21 heavy (non-hydrogen) atoms. The van der Waals surface area contributed by atoms with Gasteiger partial charge in [-0.1, -0.05) is 24.0 Å². The fraction of sp³-hybridized carbons (Fsp3) is 0.222. The first-order chi connectivity index (χ1) is 10.2. The largest absolute Gasteiger partial charge is 0.497 e. The van der Waals surface area contributed by atoms with Crippen LogP contribution in [0.4, 0.5) is 0 Å². The second kappa shape index (κ2) is 7.37. The average molecular weight is 282 g/mol. The second-order valence-corrected chi connectivity index (χ2v) is 4.58. The van der Waals surface area contributed by atoms with Crippen molar-refractivity contribution in [1.82, 2.24) is 0 Å². The van der Waals surface area contributed by atoms with Crippen LogP contribution in [0.15, 0.2) is 42.5 Å². The maximum absolute atomic E-state index is 8.72. The summed E-state index contributed by atoms with van der Waals surface area (Å²) in [6.07, 6.45) is 0. The first-order valence-corrected chi connectivity index (χ1v) is 6.69. The van der Waals surface area contributed by atoms with Crippen LogP contribution in [0.3, 0.4) is 0 Å². The zero-order valence-electron chi connectivity index (χ0n) is 12.2. The van der Waals surface area contributed by atoms with Crippen LogP contribution in [0.25, 0.3) is 0 Å². The summed E-state index contributed by atoms with van der Waals surface area (Å²) in [7, 11) is 1.65. The van der Waals surface area contributed by atoms with Crippen molar-refractivity contribution in [1.29, 1.82) is 0 Å². The molecule has 3 nitrogen and oxygen atoms in total. The maximum Gasteiger partial charge on any atom is 0.120 e. The van der Waals surface area contributed by atoms with E-state index < -0.39 is 0 Å². The Hall–Kier alpha value is -2.44. The average Bonchev–Trinajstić information content (AvgIpc) is 2.52. The van der Waals surface area contributed by atoms with Crippen molar-refractivity contribution < 1.29 is 14.6 Å². The Morgan fingerprint density at radius 2 is 1.95 bits per heavy atom. The predicted molar refractivity (Wildman–Crippen MR) is 82.5 cm³/mol. The third kappa shape index (κ3) is 4.27. The third-order valence-corrected chi connectivity index (χ3v) is 3.04. The lowest BCUT2D eigenvalue weighted by atomic mass is 10.1. The molecule has 0 unspecified atom stereocenters. The zero-order chi connectivity index (χ0) is 15.1. The van der Waals surface area contributed by atoms with Crippen LogP contribution in [-0.2, 0) is 6.61 Å². The molecule has 2 aromatic carbocycles. The van der Waals surface area contributed by atoms with Crippen molar-refractivity contribution in [3.8, 4) is 23.3 Å². The predicted octanol–water partition coefficient (Wildman–Crippen LogP) is 2.93. The molecular weight excluding hydrogens is 264 g/mol. The van der Waals surface area contributed by atoms with Crippen molar-refractivity contribution in [2.45, 2.75) is 13.5 Å². The minimum absolute atomic E-state index is 0.131. The van der Waals surface area contributed by atoms with E-state index in [1.54, 1.807) is 7.11 Å². The maximum atomic E-state index is 8.72. The monoisotopic (exact) mass is 282 g/mol. The highest BCUT2D eigenvalue weighted by molar-refractivity contribution is 5.44. The van der Waals surface area contributed by atoms with E-state index in [2.05, 4.69) is 11.8 Å². The molecular formula is C18H18O3. The molecule has 0 bridgehead atoms. The van der Waals surface area contributed by atoms with Crippen molar-refractivity contribution in [2.75, 3.05) is 13.7 Å². The van der Waals surface area contributed by atoms with Gasteiger partial charge in [0.1, 0.15) is 24.7 Å². The van der Waals surface area contributed by atoms with Crippen LogP contribution in [-0.4, -0.2) is 18.8 Å². The van der Waals surface area contributed by atoms with Crippen molar-refractivity contribution in [2.24, 2.45) is 0 Å². The molecule has 0 saturated carbocycles. The van der Waals surface area contributed by atoms with Gasteiger partial charge in [-0.2, -0.15) is 0 Å². The summed E-state index contributed by atoms with van der Waals surface area (Å²) in [4.78, 5) is 0. The standard InChI is InChI=1S/C18H18O3/c1-14-11-18(9-8-16(14)6-4-10-19)21-13-15-5-3-7-17(12-15)20-2/h3,5,7-9,11-12,19H,10,13H2,1-2H3. The summed E-state index contributed by atoms with van der Waals surface area (Å²) in [6.45, 7) is 2.33. The molecule has 0 fully saturated rings. The van der Waals surface area contributed by atoms with Gasteiger partial charge in [-0.15, -0.1) is 0 Å². The van der Waals surface area contributed by atoms with E-state index in [0.29, 0.717) is 6.61 Å². The molecule has 0 aliphatic heterocycles. The van der Waals surface area contributed by atoms with E-state index in [0.717, 1.165) is 28.2 Å². The number of hydrogen-bond acceptors (Lipinski definition) is 3. The van der Waals surface area contributed by atoms with Crippen LogP contribution in [0, 0.1) is 18.8 Å². The second-order valence-electron chi connectivity index (χ2n) is 4.58. The smallest absolute Gasteiger partial charge is 0.120 e. The van der Waals surface area contributed by atoms with Crippen LogP contribution in [0.2, 0.25) is 0 Å². The molecule has 0 aromatic heterocycles. The summed E-state index contributed by atoms with van der Waals surface area (Å²) in [5, 5.41) is 8.72. The first kappa shape index (κ1) is 15.0. The number of benzene rings is 2. The molecule has 2 rings (SSSR count). The number of aliphatic hydroxyl groups is 1. The van der Waals surface area contributed by atoms with Gasteiger partial charge in [0, 0.05) is 5.56 Å². The molecule has 0 aliphatic rings. The van der Waals surface area contributed by atoms with E-state index in [-0.39, 0.29) is 6.61 Å². The van der Waals surface area contributed by atoms with Gasteiger partial charge >= 0.3 is 0 Å². The fourth-order valence-electron chi connectivity index (χ4n) is 1.93. The quantitative estimate of drug-likeness (QED) is 0.876.